The molecule has 0 radical (unpaired) electrons. The molecule has 0 saturated heterocycles. The molecule has 0 unspecified atom stereocenters. The van der Waals surface area contributed by atoms with Gasteiger partial charge in [0.15, 0.2) is 0 Å². The van der Waals surface area contributed by atoms with E-state index in [-0.39, 0.29) is 16.9 Å². The molecule has 0 aliphatic rings. The maximum atomic E-state index is 12.2. The van der Waals surface area contributed by atoms with Crippen molar-refractivity contribution in [3.8, 4) is 0 Å². The Labute approximate surface area is 108 Å². The van der Waals surface area contributed by atoms with E-state index in [9.17, 15) is 9.59 Å². The van der Waals surface area contributed by atoms with Crippen molar-refractivity contribution in [2.75, 3.05) is 0 Å². The Hall–Kier alpha value is -2.07. The SMILES string of the molecule is C=CCn1[nH]cc(C(=O)c2ccccc2Cl)c1=O. The summed E-state index contributed by atoms with van der Waals surface area (Å²) in [6.45, 7) is 3.87. The van der Waals surface area contributed by atoms with E-state index < -0.39 is 0 Å². The number of H-pyrrole nitrogens is 1. The zero-order valence-electron chi connectivity index (χ0n) is 9.52. The number of aromatic amines is 1. The Kier molecular flexibility index (Phi) is 3.48. The third-order valence-corrected chi connectivity index (χ3v) is 2.84. The number of benzene rings is 1. The summed E-state index contributed by atoms with van der Waals surface area (Å²) in [5.41, 5.74) is 0.0192. The summed E-state index contributed by atoms with van der Waals surface area (Å²) in [4.78, 5) is 24.1. The van der Waals surface area contributed by atoms with Gasteiger partial charge >= 0.3 is 0 Å². The minimum Gasteiger partial charge on any atom is -0.302 e. The molecule has 0 aliphatic carbocycles. The van der Waals surface area contributed by atoms with Gasteiger partial charge in [0.05, 0.1) is 11.6 Å². The van der Waals surface area contributed by atoms with Gasteiger partial charge in [-0.15, -0.1) is 6.58 Å². The van der Waals surface area contributed by atoms with Gasteiger partial charge in [-0.25, -0.2) is 4.68 Å². The molecule has 18 heavy (non-hydrogen) atoms. The van der Waals surface area contributed by atoms with Gasteiger partial charge < -0.3 is 5.10 Å². The van der Waals surface area contributed by atoms with E-state index in [0.717, 1.165) is 0 Å². The molecule has 0 bridgehead atoms. The molecular formula is C13H11ClN2O2. The first-order valence-corrected chi connectivity index (χ1v) is 5.71. The number of aromatic nitrogens is 2. The molecule has 92 valence electrons. The van der Waals surface area contributed by atoms with Crippen LogP contribution in [0, 0.1) is 0 Å². The van der Waals surface area contributed by atoms with E-state index in [1.165, 1.54) is 10.9 Å². The smallest absolute Gasteiger partial charge is 0.278 e. The maximum Gasteiger partial charge on any atom is 0.278 e. The molecule has 0 atom stereocenters. The first-order chi connectivity index (χ1) is 8.65. The highest BCUT2D eigenvalue weighted by Gasteiger charge is 2.17. The van der Waals surface area contributed by atoms with Gasteiger partial charge in [-0.05, 0) is 12.1 Å². The van der Waals surface area contributed by atoms with Crippen LogP contribution in [-0.4, -0.2) is 15.6 Å². The van der Waals surface area contributed by atoms with Crippen molar-refractivity contribution in [1.29, 1.82) is 0 Å². The highest BCUT2D eigenvalue weighted by molar-refractivity contribution is 6.34. The number of nitrogens with one attached hydrogen (secondary N) is 1. The third-order valence-electron chi connectivity index (χ3n) is 2.52. The Morgan fingerprint density at radius 3 is 2.78 bits per heavy atom. The van der Waals surface area contributed by atoms with Crippen LogP contribution in [0.15, 0.2) is 47.9 Å². The number of nitrogens with zero attached hydrogens (tertiary/aromatic N) is 1. The highest BCUT2D eigenvalue weighted by atomic mass is 35.5. The molecule has 5 heteroatoms. The monoisotopic (exact) mass is 262 g/mol. The van der Waals surface area contributed by atoms with Gasteiger partial charge in [-0.3, -0.25) is 9.59 Å². The maximum absolute atomic E-state index is 12.2. The Morgan fingerprint density at radius 1 is 1.39 bits per heavy atom. The minimum absolute atomic E-state index is 0.0740. The first kappa shape index (κ1) is 12.4. The first-order valence-electron chi connectivity index (χ1n) is 5.33. The van der Waals surface area contributed by atoms with Crippen molar-refractivity contribution < 1.29 is 4.79 Å². The summed E-state index contributed by atoms with van der Waals surface area (Å²) < 4.78 is 1.30. The van der Waals surface area contributed by atoms with Gasteiger partial charge in [-0.2, -0.15) is 0 Å². The molecule has 0 aliphatic heterocycles. The Balaban J connectivity index is 2.44. The van der Waals surface area contributed by atoms with Crippen LogP contribution in [0.2, 0.25) is 5.02 Å². The quantitative estimate of drug-likeness (QED) is 0.679. The second-order valence-electron chi connectivity index (χ2n) is 3.70. The van der Waals surface area contributed by atoms with Crippen molar-refractivity contribution in [3.63, 3.8) is 0 Å². The van der Waals surface area contributed by atoms with Crippen molar-refractivity contribution >= 4 is 17.4 Å². The average Bonchev–Trinajstić information content (AvgIpc) is 2.72. The van der Waals surface area contributed by atoms with Crippen LogP contribution in [0.25, 0.3) is 0 Å². The van der Waals surface area contributed by atoms with E-state index in [4.69, 9.17) is 11.6 Å². The summed E-state index contributed by atoms with van der Waals surface area (Å²) in [5, 5.41) is 3.05. The summed E-state index contributed by atoms with van der Waals surface area (Å²) >= 11 is 5.93. The van der Waals surface area contributed by atoms with Gasteiger partial charge in [-0.1, -0.05) is 29.8 Å². The fourth-order valence-electron chi connectivity index (χ4n) is 1.63. The number of allylic oxidation sites excluding steroid dienone is 1. The molecule has 1 aromatic heterocycles. The van der Waals surface area contributed by atoms with Crippen LogP contribution in [0.1, 0.15) is 15.9 Å². The average molecular weight is 263 g/mol. The van der Waals surface area contributed by atoms with Crippen LogP contribution < -0.4 is 5.56 Å². The lowest BCUT2D eigenvalue weighted by Gasteiger charge is -1.99. The van der Waals surface area contributed by atoms with Crippen LogP contribution in [0.4, 0.5) is 0 Å². The van der Waals surface area contributed by atoms with E-state index in [2.05, 4.69) is 11.7 Å². The second kappa shape index (κ2) is 5.06. The molecule has 2 rings (SSSR count). The number of carbonyl (C=O) groups is 1. The van der Waals surface area contributed by atoms with Gasteiger partial charge in [0.2, 0.25) is 5.78 Å². The minimum atomic E-state index is -0.385. The molecule has 0 spiro atoms. The number of hydrogen-bond acceptors (Lipinski definition) is 2. The van der Waals surface area contributed by atoms with Crippen molar-refractivity contribution in [2.24, 2.45) is 0 Å². The topological polar surface area (TPSA) is 54.9 Å². The second-order valence-corrected chi connectivity index (χ2v) is 4.11. The van der Waals surface area contributed by atoms with Crippen LogP contribution >= 0.6 is 11.6 Å². The lowest BCUT2D eigenvalue weighted by Crippen LogP contribution is -2.21. The summed E-state index contributed by atoms with van der Waals surface area (Å²) in [6, 6.07) is 6.64. The Morgan fingerprint density at radius 2 is 2.11 bits per heavy atom. The summed E-state index contributed by atoms with van der Waals surface area (Å²) in [6.07, 6.45) is 2.96. The number of rotatable bonds is 4. The molecule has 0 fully saturated rings. The zero-order chi connectivity index (χ0) is 13.1. The molecule has 0 saturated carbocycles. The normalized spacial score (nSPS) is 10.3. The summed E-state index contributed by atoms with van der Waals surface area (Å²) in [5.74, 6) is -0.385. The van der Waals surface area contributed by atoms with Crippen molar-refractivity contribution in [2.45, 2.75) is 6.54 Å². The van der Waals surface area contributed by atoms with E-state index in [0.29, 0.717) is 17.1 Å². The van der Waals surface area contributed by atoms with Crippen LogP contribution in [0.3, 0.4) is 0 Å². The standard InChI is InChI=1S/C13H11ClN2O2/c1-2-7-16-13(18)10(8-15-16)12(17)9-5-3-4-6-11(9)14/h2-6,8,15H,1,7H2. The molecule has 1 heterocycles. The summed E-state index contributed by atoms with van der Waals surface area (Å²) in [7, 11) is 0. The fourth-order valence-corrected chi connectivity index (χ4v) is 1.85. The van der Waals surface area contributed by atoms with Gasteiger partial charge in [0, 0.05) is 11.8 Å². The lowest BCUT2D eigenvalue weighted by atomic mass is 10.1. The number of ketones is 1. The van der Waals surface area contributed by atoms with Crippen molar-refractivity contribution in [1.82, 2.24) is 9.78 Å². The number of carbonyl (C=O) groups excluding carboxylic acids is 1. The molecule has 4 nitrogen and oxygen atoms in total. The molecule has 1 N–H and O–H groups in total. The van der Waals surface area contributed by atoms with E-state index in [1.807, 2.05) is 0 Å². The molecule has 1 aromatic carbocycles. The molecular weight excluding hydrogens is 252 g/mol. The zero-order valence-corrected chi connectivity index (χ0v) is 10.3. The van der Waals surface area contributed by atoms with Crippen molar-refractivity contribution in [3.05, 3.63) is 69.6 Å². The predicted molar refractivity (Wildman–Crippen MR) is 70.1 cm³/mol. The predicted octanol–water partition coefficient (Wildman–Crippen LogP) is 2.25. The molecule has 2 aromatic rings. The number of hydrogen-bond donors (Lipinski definition) is 1. The largest absolute Gasteiger partial charge is 0.302 e. The highest BCUT2D eigenvalue weighted by Crippen LogP contribution is 2.17. The van der Waals surface area contributed by atoms with E-state index >= 15 is 0 Å². The molecule has 0 amide bonds. The van der Waals surface area contributed by atoms with Gasteiger partial charge in [0.25, 0.3) is 5.56 Å². The van der Waals surface area contributed by atoms with Crippen LogP contribution in [0.5, 0.6) is 0 Å². The lowest BCUT2D eigenvalue weighted by molar-refractivity contribution is 0.103. The fraction of sp³-hybridized carbons (Fsp3) is 0.0769. The van der Waals surface area contributed by atoms with Gasteiger partial charge in [0.1, 0.15) is 5.56 Å². The third kappa shape index (κ3) is 2.15. The Bertz CT molecular complexity index is 655. The van der Waals surface area contributed by atoms with E-state index in [1.54, 1.807) is 30.3 Å². The number of halogens is 1. The van der Waals surface area contributed by atoms with Crippen LogP contribution in [-0.2, 0) is 6.54 Å².